The van der Waals surface area contributed by atoms with E-state index < -0.39 is 0 Å². The largest absolute Gasteiger partial charge is 0.338 e. The van der Waals surface area contributed by atoms with Gasteiger partial charge in [0.15, 0.2) is 0 Å². The molecule has 1 saturated carbocycles. The van der Waals surface area contributed by atoms with Gasteiger partial charge in [0.2, 0.25) is 5.91 Å². The fourth-order valence-electron chi connectivity index (χ4n) is 5.73. The first-order chi connectivity index (χ1) is 19.2. The molecule has 6 aromatic rings. The summed E-state index contributed by atoms with van der Waals surface area (Å²) >= 11 is 1.72. The van der Waals surface area contributed by atoms with Crippen LogP contribution in [0.4, 0.5) is 5.69 Å². The first kappa shape index (κ1) is 23.8. The van der Waals surface area contributed by atoms with Crippen LogP contribution in [0.2, 0.25) is 0 Å². The number of hydrogen-bond donors (Lipinski definition) is 3. The Hall–Kier alpha value is -4.30. The minimum absolute atomic E-state index is 0.0720. The van der Waals surface area contributed by atoms with Gasteiger partial charge in [-0.05, 0) is 66.1 Å². The van der Waals surface area contributed by atoms with E-state index in [1.807, 2.05) is 24.5 Å². The van der Waals surface area contributed by atoms with Crippen LogP contribution in [-0.4, -0.2) is 31.1 Å². The first-order valence-corrected chi connectivity index (χ1v) is 14.3. The Bertz CT molecular complexity index is 1780. The molecule has 194 valence electrons. The average molecular weight is 533 g/mol. The number of nitrogens with one attached hydrogen (secondary N) is 3. The number of hydrogen-bond acceptors (Lipinski definition) is 5. The van der Waals surface area contributed by atoms with Crippen LogP contribution < -0.4 is 5.32 Å². The smallest absolute Gasteiger partial charge is 0.224 e. The predicted molar refractivity (Wildman–Crippen MR) is 158 cm³/mol. The summed E-state index contributed by atoms with van der Waals surface area (Å²) < 4.78 is 0. The topological polar surface area (TPSA) is 99.3 Å². The maximum Gasteiger partial charge on any atom is 0.224 e. The highest BCUT2D eigenvalue weighted by molar-refractivity contribution is 7.13. The number of thiophene rings is 1. The number of pyridine rings is 2. The van der Waals surface area contributed by atoms with Gasteiger partial charge in [0.05, 0.1) is 23.1 Å². The van der Waals surface area contributed by atoms with Crippen molar-refractivity contribution in [2.24, 2.45) is 5.92 Å². The highest BCUT2D eigenvalue weighted by Crippen LogP contribution is 2.36. The van der Waals surface area contributed by atoms with Gasteiger partial charge in [-0.3, -0.25) is 14.9 Å². The number of benzene rings is 1. The lowest BCUT2D eigenvalue weighted by Crippen LogP contribution is -2.18. The molecule has 7 nitrogen and oxygen atoms in total. The van der Waals surface area contributed by atoms with Crippen molar-refractivity contribution >= 4 is 44.9 Å². The van der Waals surface area contributed by atoms with E-state index in [1.54, 1.807) is 17.5 Å². The molecular weight excluding hydrogens is 504 g/mol. The molecular formula is C31H28N6OS. The quantitative estimate of drug-likeness (QED) is 0.204. The van der Waals surface area contributed by atoms with Gasteiger partial charge in [-0.2, -0.15) is 5.10 Å². The third-order valence-corrected chi connectivity index (χ3v) is 8.59. The van der Waals surface area contributed by atoms with Crippen LogP contribution in [-0.2, 0) is 4.79 Å². The highest BCUT2D eigenvalue weighted by Gasteiger charge is 2.18. The fraction of sp³-hybridized carbons (Fsp3) is 0.226. The van der Waals surface area contributed by atoms with Crippen LogP contribution >= 0.6 is 11.3 Å². The zero-order valence-corrected chi connectivity index (χ0v) is 22.2. The van der Waals surface area contributed by atoms with E-state index in [4.69, 9.17) is 0 Å². The lowest BCUT2D eigenvalue weighted by molar-refractivity contribution is -0.117. The molecule has 1 amide bonds. The Kier molecular flexibility index (Phi) is 6.17. The minimum Gasteiger partial charge on any atom is -0.338 e. The molecule has 5 aromatic heterocycles. The molecule has 0 aliphatic heterocycles. The monoisotopic (exact) mass is 532 g/mol. The van der Waals surface area contributed by atoms with E-state index in [1.165, 1.54) is 24.1 Å². The number of aromatic nitrogens is 5. The standard InChI is InChI=1S/C31H28N6OS/c38-29(13-19-5-2-1-3-6-19)34-22-14-21(17-32-18-22)20-8-9-26-25(15-20)30(37-36-26)27-16-24-23(28-7-4-12-39-28)10-11-33-31(24)35-27/h4,7-12,14-19H,1-3,5-6,13H2,(H,33,35)(H,34,38)(H,36,37). The van der Waals surface area contributed by atoms with Crippen molar-refractivity contribution in [1.29, 1.82) is 0 Å². The number of amides is 1. The Labute approximate surface area is 229 Å². The van der Waals surface area contributed by atoms with Crippen LogP contribution in [0.1, 0.15) is 38.5 Å². The summed E-state index contributed by atoms with van der Waals surface area (Å²) in [6.07, 6.45) is 12.0. The highest BCUT2D eigenvalue weighted by atomic mass is 32.1. The molecule has 8 heteroatoms. The summed E-state index contributed by atoms with van der Waals surface area (Å²) in [5.41, 5.74) is 7.37. The first-order valence-electron chi connectivity index (χ1n) is 13.5. The number of anilines is 1. The summed E-state index contributed by atoms with van der Waals surface area (Å²) in [5.74, 6) is 0.570. The molecule has 5 heterocycles. The Morgan fingerprint density at radius 3 is 2.79 bits per heavy atom. The molecule has 0 saturated heterocycles. The predicted octanol–water partition coefficient (Wildman–Crippen LogP) is 7.81. The van der Waals surface area contributed by atoms with Crippen molar-refractivity contribution in [3.8, 4) is 33.0 Å². The zero-order valence-electron chi connectivity index (χ0n) is 21.4. The second-order valence-electron chi connectivity index (χ2n) is 10.3. The molecule has 3 N–H and O–H groups in total. The summed E-state index contributed by atoms with van der Waals surface area (Å²) in [7, 11) is 0. The van der Waals surface area contributed by atoms with Gasteiger partial charge in [-0.1, -0.05) is 31.4 Å². The van der Waals surface area contributed by atoms with Gasteiger partial charge < -0.3 is 10.3 Å². The second-order valence-corrected chi connectivity index (χ2v) is 11.3. The van der Waals surface area contributed by atoms with E-state index >= 15 is 0 Å². The maximum atomic E-state index is 12.7. The van der Waals surface area contributed by atoms with Crippen molar-refractivity contribution in [1.82, 2.24) is 25.1 Å². The van der Waals surface area contributed by atoms with E-state index in [0.717, 1.165) is 68.5 Å². The SMILES string of the molecule is O=C(CC1CCCCC1)Nc1cncc(-c2ccc3[nH]nc(-c4cc5c(-c6cccs6)ccnc5[nH]4)c3c2)c1. The van der Waals surface area contributed by atoms with Gasteiger partial charge in [0, 0.05) is 45.6 Å². The third kappa shape index (κ3) is 4.72. The van der Waals surface area contributed by atoms with Crippen LogP contribution in [0.15, 0.2) is 72.5 Å². The summed E-state index contributed by atoms with van der Waals surface area (Å²) in [6, 6.07) is 16.6. The second kappa shape index (κ2) is 10.1. The third-order valence-electron chi connectivity index (χ3n) is 7.69. The number of carbonyl (C=O) groups is 1. The number of nitrogens with zero attached hydrogens (tertiary/aromatic N) is 3. The lowest BCUT2D eigenvalue weighted by Gasteiger charge is -2.20. The Morgan fingerprint density at radius 1 is 1.00 bits per heavy atom. The number of aromatic amines is 2. The van der Waals surface area contributed by atoms with E-state index in [0.29, 0.717) is 12.3 Å². The summed E-state index contributed by atoms with van der Waals surface area (Å²) in [4.78, 5) is 26.3. The van der Waals surface area contributed by atoms with Gasteiger partial charge >= 0.3 is 0 Å². The minimum atomic E-state index is 0.0720. The number of carbonyl (C=O) groups excluding carboxylic acids is 1. The van der Waals surface area contributed by atoms with Crippen LogP contribution in [0, 0.1) is 5.92 Å². The number of fused-ring (bicyclic) bond motifs is 2. The van der Waals surface area contributed by atoms with Crippen molar-refractivity contribution in [3.63, 3.8) is 0 Å². The van der Waals surface area contributed by atoms with Crippen molar-refractivity contribution in [2.75, 3.05) is 5.32 Å². The Balaban J connectivity index is 1.19. The van der Waals surface area contributed by atoms with E-state index in [-0.39, 0.29) is 5.91 Å². The van der Waals surface area contributed by atoms with E-state index in [9.17, 15) is 4.79 Å². The van der Waals surface area contributed by atoms with E-state index in [2.05, 4.69) is 72.2 Å². The molecule has 7 rings (SSSR count). The van der Waals surface area contributed by atoms with Gasteiger partial charge in [-0.15, -0.1) is 11.3 Å². The fourth-order valence-corrected chi connectivity index (χ4v) is 6.50. The molecule has 0 spiro atoms. The van der Waals surface area contributed by atoms with Crippen molar-refractivity contribution < 1.29 is 4.79 Å². The molecule has 1 fully saturated rings. The lowest BCUT2D eigenvalue weighted by atomic mass is 9.87. The molecule has 1 aliphatic rings. The molecule has 0 atom stereocenters. The maximum absolute atomic E-state index is 12.7. The normalized spacial score (nSPS) is 14.3. The number of H-pyrrole nitrogens is 2. The Morgan fingerprint density at radius 2 is 1.92 bits per heavy atom. The average Bonchev–Trinajstić information content (AvgIpc) is 3.73. The van der Waals surface area contributed by atoms with Gasteiger partial charge in [-0.25, -0.2) is 4.98 Å². The molecule has 39 heavy (non-hydrogen) atoms. The van der Waals surface area contributed by atoms with Gasteiger partial charge in [0.25, 0.3) is 0 Å². The van der Waals surface area contributed by atoms with Crippen LogP contribution in [0.5, 0.6) is 0 Å². The summed E-state index contributed by atoms with van der Waals surface area (Å²) in [5, 5.41) is 15.0. The van der Waals surface area contributed by atoms with Crippen LogP contribution in [0.25, 0.3) is 54.9 Å². The number of rotatable bonds is 6. The zero-order chi connectivity index (χ0) is 26.2. The summed E-state index contributed by atoms with van der Waals surface area (Å²) in [6.45, 7) is 0. The molecule has 0 radical (unpaired) electrons. The molecule has 0 bridgehead atoms. The van der Waals surface area contributed by atoms with Crippen molar-refractivity contribution in [2.45, 2.75) is 38.5 Å². The molecule has 1 aliphatic carbocycles. The van der Waals surface area contributed by atoms with Crippen LogP contribution in [0.3, 0.4) is 0 Å². The molecule has 1 aromatic carbocycles. The molecule has 0 unspecified atom stereocenters. The van der Waals surface area contributed by atoms with Gasteiger partial charge in [0.1, 0.15) is 11.3 Å². The van der Waals surface area contributed by atoms with Crippen molar-refractivity contribution in [3.05, 3.63) is 72.5 Å².